The van der Waals surface area contributed by atoms with E-state index in [2.05, 4.69) is 11.2 Å². The van der Waals surface area contributed by atoms with Crippen LogP contribution in [0.15, 0.2) is 30.3 Å². The highest BCUT2D eigenvalue weighted by molar-refractivity contribution is 5.91. The van der Waals surface area contributed by atoms with Gasteiger partial charge < -0.3 is 11.1 Å². The third-order valence-corrected chi connectivity index (χ3v) is 2.38. The number of benzene rings is 1. The zero-order chi connectivity index (χ0) is 13.2. The molecule has 18 heavy (non-hydrogen) atoms. The summed E-state index contributed by atoms with van der Waals surface area (Å²) in [6.45, 7) is 0.655. The molecule has 0 aliphatic carbocycles. The summed E-state index contributed by atoms with van der Waals surface area (Å²) in [6.07, 6.45) is 11.0. The fourth-order valence-corrected chi connectivity index (χ4v) is 1.46. The van der Waals surface area contributed by atoms with Crippen LogP contribution in [0.1, 0.15) is 24.8 Å². The minimum absolute atomic E-state index is 0.0990. The summed E-state index contributed by atoms with van der Waals surface area (Å²) in [5.41, 5.74) is 7.24. The summed E-state index contributed by atoms with van der Waals surface area (Å²) in [5.74, 6) is 2.47. The topological polar surface area (TPSA) is 55.1 Å². The molecule has 0 unspecified atom stereocenters. The second-order valence-corrected chi connectivity index (χ2v) is 3.96. The maximum atomic E-state index is 11.5. The molecule has 3 nitrogen and oxygen atoms in total. The van der Waals surface area contributed by atoms with Crippen LogP contribution in [0.4, 0.5) is 5.69 Å². The van der Waals surface area contributed by atoms with E-state index in [1.54, 1.807) is 6.08 Å². The maximum Gasteiger partial charge on any atom is 0.243 e. The van der Waals surface area contributed by atoms with Crippen molar-refractivity contribution in [3.63, 3.8) is 0 Å². The largest absolute Gasteiger partial charge is 0.399 e. The third-order valence-electron chi connectivity index (χ3n) is 2.38. The molecule has 1 aromatic carbocycles. The molecule has 0 bridgehead atoms. The van der Waals surface area contributed by atoms with Gasteiger partial charge >= 0.3 is 0 Å². The molecule has 94 valence electrons. The monoisotopic (exact) mass is 242 g/mol. The van der Waals surface area contributed by atoms with E-state index in [9.17, 15) is 4.79 Å². The molecule has 0 fully saturated rings. The van der Waals surface area contributed by atoms with Crippen molar-refractivity contribution in [2.24, 2.45) is 0 Å². The van der Waals surface area contributed by atoms with Crippen LogP contribution in [0.25, 0.3) is 6.08 Å². The Morgan fingerprint density at radius 3 is 3.00 bits per heavy atom. The normalized spacial score (nSPS) is 10.2. The summed E-state index contributed by atoms with van der Waals surface area (Å²) in [4.78, 5) is 11.5. The number of terminal acetylenes is 1. The Labute approximate surface area is 108 Å². The molecular formula is C15H18N2O. The first-order chi connectivity index (χ1) is 8.72. The van der Waals surface area contributed by atoms with Crippen LogP contribution in [0.5, 0.6) is 0 Å². The Morgan fingerprint density at radius 1 is 1.44 bits per heavy atom. The number of nitrogen functional groups attached to an aromatic ring is 1. The van der Waals surface area contributed by atoms with Gasteiger partial charge in [-0.1, -0.05) is 12.1 Å². The Hall–Kier alpha value is -2.21. The van der Waals surface area contributed by atoms with Crippen molar-refractivity contribution in [2.45, 2.75) is 19.3 Å². The van der Waals surface area contributed by atoms with Gasteiger partial charge in [0.25, 0.3) is 0 Å². The molecule has 1 rings (SSSR count). The van der Waals surface area contributed by atoms with Crippen molar-refractivity contribution in [3.8, 4) is 12.3 Å². The van der Waals surface area contributed by atoms with Gasteiger partial charge in [0.05, 0.1) is 0 Å². The number of carbonyl (C=O) groups excluding carboxylic acids is 1. The highest BCUT2D eigenvalue weighted by Gasteiger charge is 1.94. The first-order valence-corrected chi connectivity index (χ1v) is 5.97. The molecule has 0 heterocycles. The smallest absolute Gasteiger partial charge is 0.243 e. The fraction of sp³-hybridized carbons (Fsp3) is 0.267. The molecule has 0 aliphatic rings. The van der Waals surface area contributed by atoms with Crippen LogP contribution >= 0.6 is 0 Å². The second-order valence-electron chi connectivity index (χ2n) is 3.96. The van der Waals surface area contributed by atoms with Gasteiger partial charge in [-0.25, -0.2) is 0 Å². The number of nitrogens with one attached hydrogen (secondary N) is 1. The van der Waals surface area contributed by atoms with Gasteiger partial charge in [-0.05, 0) is 36.6 Å². The average molecular weight is 242 g/mol. The zero-order valence-electron chi connectivity index (χ0n) is 10.4. The van der Waals surface area contributed by atoms with Crippen LogP contribution in [-0.4, -0.2) is 12.5 Å². The van der Waals surface area contributed by atoms with Crippen molar-refractivity contribution in [1.29, 1.82) is 0 Å². The lowest BCUT2D eigenvalue weighted by molar-refractivity contribution is -0.116. The quantitative estimate of drug-likeness (QED) is 0.348. The molecule has 0 radical (unpaired) electrons. The van der Waals surface area contributed by atoms with Crippen molar-refractivity contribution in [1.82, 2.24) is 5.32 Å². The van der Waals surface area contributed by atoms with Crippen molar-refractivity contribution >= 4 is 17.7 Å². The minimum atomic E-state index is -0.0990. The van der Waals surface area contributed by atoms with Crippen LogP contribution in [0.3, 0.4) is 0 Å². The number of hydrogen-bond acceptors (Lipinski definition) is 2. The lowest BCUT2D eigenvalue weighted by Crippen LogP contribution is -2.21. The molecule has 3 heteroatoms. The van der Waals surface area contributed by atoms with Crippen LogP contribution in [0, 0.1) is 12.3 Å². The van der Waals surface area contributed by atoms with E-state index in [0.29, 0.717) is 12.2 Å². The summed E-state index contributed by atoms with van der Waals surface area (Å²) < 4.78 is 0. The number of unbranched alkanes of at least 4 members (excludes halogenated alkanes) is 2. The predicted molar refractivity (Wildman–Crippen MR) is 75.6 cm³/mol. The van der Waals surface area contributed by atoms with Crippen LogP contribution in [0.2, 0.25) is 0 Å². The number of carbonyl (C=O) groups is 1. The van der Waals surface area contributed by atoms with Gasteiger partial charge in [0.15, 0.2) is 0 Å². The molecule has 0 aliphatic heterocycles. The number of anilines is 1. The number of rotatable bonds is 6. The van der Waals surface area contributed by atoms with Gasteiger partial charge in [0.2, 0.25) is 5.91 Å². The van der Waals surface area contributed by atoms with E-state index < -0.39 is 0 Å². The van der Waals surface area contributed by atoms with Gasteiger partial charge in [-0.15, -0.1) is 12.3 Å². The second kappa shape index (κ2) is 7.97. The van der Waals surface area contributed by atoms with E-state index in [0.717, 1.165) is 24.8 Å². The highest BCUT2D eigenvalue weighted by Crippen LogP contribution is 2.07. The summed E-state index contributed by atoms with van der Waals surface area (Å²) in [7, 11) is 0. The molecule has 0 atom stereocenters. The van der Waals surface area contributed by atoms with Gasteiger partial charge in [0.1, 0.15) is 0 Å². The molecule has 0 saturated heterocycles. The molecule has 0 spiro atoms. The summed E-state index contributed by atoms with van der Waals surface area (Å²) in [5, 5.41) is 2.80. The lowest BCUT2D eigenvalue weighted by atomic mass is 10.2. The first-order valence-electron chi connectivity index (χ1n) is 5.97. The first kappa shape index (κ1) is 13.9. The average Bonchev–Trinajstić information content (AvgIpc) is 2.36. The third kappa shape index (κ3) is 5.76. The molecule has 0 saturated carbocycles. The summed E-state index contributed by atoms with van der Waals surface area (Å²) in [6, 6.07) is 7.37. The van der Waals surface area contributed by atoms with E-state index in [1.165, 1.54) is 6.08 Å². The number of hydrogen-bond donors (Lipinski definition) is 2. The van der Waals surface area contributed by atoms with Crippen molar-refractivity contribution < 1.29 is 4.79 Å². The molecule has 1 aromatic rings. The minimum Gasteiger partial charge on any atom is -0.399 e. The van der Waals surface area contributed by atoms with Crippen molar-refractivity contribution in [3.05, 3.63) is 35.9 Å². The zero-order valence-corrected chi connectivity index (χ0v) is 10.4. The standard InChI is InChI=1S/C15H18N2O/c1-2-3-4-5-11-17-15(18)10-9-13-7-6-8-14(16)12-13/h1,6-10,12H,3-5,11,16H2,(H,17,18)/b10-9+. The predicted octanol–water partition coefficient (Wildman–Crippen LogP) is 2.20. The van der Waals surface area contributed by atoms with E-state index in [4.69, 9.17) is 12.2 Å². The highest BCUT2D eigenvalue weighted by atomic mass is 16.1. The van der Waals surface area contributed by atoms with Gasteiger partial charge in [-0.3, -0.25) is 4.79 Å². The fourth-order valence-electron chi connectivity index (χ4n) is 1.46. The molecular weight excluding hydrogens is 224 g/mol. The van der Waals surface area contributed by atoms with Crippen LogP contribution in [-0.2, 0) is 4.79 Å². The van der Waals surface area contributed by atoms with E-state index in [-0.39, 0.29) is 5.91 Å². The Morgan fingerprint density at radius 2 is 2.28 bits per heavy atom. The Kier molecular flexibility index (Phi) is 6.13. The molecule has 0 aromatic heterocycles. The summed E-state index contributed by atoms with van der Waals surface area (Å²) >= 11 is 0. The lowest BCUT2D eigenvalue weighted by Gasteiger charge is -2.00. The van der Waals surface area contributed by atoms with Gasteiger partial charge in [-0.2, -0.15) is 0 Å². The SMILES string of the molecule is C#CCCCCNC(=O)/C=C/c1cccc(N)c1. The Bertz CT molecular complexity index is 458. The number of amides is 1. The molecule has 1 amide bonds. The molecule has 3 N–H and O–H groups in total. The van der Waals surface area contributed by atoms with E-state index in [1.807, 2.05) is 24.3 Å². The van der Waals surface area contributed by atoms with Crippen molar-refractivity contribution in [2.75, 3.05) is 12.3 Å². The van der Waals surface area contributed by atoms with Crippen LogP contribution < -0.4 is 11.1 Å². The number of nitrogens with two attached hydrogens (primary N) is 1. The Balaban J connectivity index is 2.30. The van der Waals surface area contributed by atoms with E-state index >= 15 is 0 Å². The maximum absolute atomic E-state index is 11.5. The van der Waals surface area contributed by atoms with Gasteiger partial charge in [0, 0.05) is 24.7 Å².